The summed E-state index contributed by atoms with van der Waals surface area (Å²) in [6.07, 6.45) is 1.09. The molecule has 3 aromatic rings. The highest BCUT2D eigenvalue weighted by atomic mass is 35.5. The number of carbonyl (C=O) groups excluding carboxylic acids is 1. The summed E-state index contributed by atoms with van der Waals surface area (Å²) in [4.78, 5) is 18.1. The third-order valence-corrected chi connectivity index (χ3v) is 7.35. The highest BCUT2D eigenvalue weighted by molar-refractivity contribution is 8.01. The minimum Gasteiger partial charge on any atom is -0.322 e. The third-order valence-electron chi connectivity index (χ3n) is 3.86. The average molecular weight is 453 g/mol. The lowest BCUT2D eigenvalue weighted by molar-refractivity contribution is 0.102. The zero-order valence-electron chi connectivity index (χ0n) is 15.3. The molecule has 0 unspecified atom stereocenters. The smallest absolute Gasteiger partial charge is 0.257 e. The van der Waals surface area contributed by atoms with Crippen molar-refractivity contribution in [2.75, 3.05) is 11.6 Å². The fraction of sp³-hybridized carbons (Fsp3) is 0.158. The maximum absolute atomic E-state index is 12.6. The largest absolute Gasteiger partial charge is 0.322 e. The van der Waals surface area contributed by atoms with Gasteiger partial charge in [-0.3, -0.25) is 4.79 Å². The molecule has 0 radical (unpaired) electrons. The molecule has 0 saturated heterocycles. The number of aryl methyl sites for hydroxylation is 2. The van der Waals surface area contributed by atoms with Gasteiger partial charge in [0.05, 0.1) is 15.5 Å². The number of halogens is 1. The fourth-order valence-electron chi connectivity index (χ4n) is 2.42. The van der Waals surface area contributed by atoms with Gasteiger partial charge in [0.2, 0.25) is 0 Å². The van der Waals surface area contributed by atoms with Gasteiger partial charge in [-0.05, 0) is 55.8 Å². The molecule has 0 aliphatic heterocycles. The fourth-order valence-corrected chi connectivity index (χ4v) is 5.18. The van der Waals surface area contributed by atoms with Crippen molar-refractivity contribution >= 4 is 56.1 Å². The average Bonchev–Trinajstić information content (AvgIpc) is 3.01. The van der Waals surface area contributed by atoms with E-state index in [0.717, 1.165) is 26.7 Å². The Hall–Kier alpha value is -1.87. The first kappa shape index (κ1) is 20.9. The quantitative estimate of drug-likeness (QED) is 0.574. The minimum atomic E-state index is -3.44. The lowest BCUT2D eigenvalue weighted by atomic mass is 10.1. The van der Waals surface area contributed by atoms with Crippen LogP contribution in [0.15, 0.2) is 55.9 Å². The molecule has 0 atom stereocenters. The summed E-state index contributed by atoms with van der Waals surface area (Å²) in [7, 11) is -3.44. The molecule has 146 valence electrons. The molecule has 2 aromatic carbocycles. The molecule has 5 nitrogen and oxygen atoms in total. The standard InChI is InChI=1S/C19H17ClN2O3S3/c1-11-8-13(27-19-21-12(2)10-26-19)4-7-17(11)22-18(23)15-9-14(28(3,24)25)5-6-16(15)20/h4-10H,1-3H3,(H,22,23). The maximum Gasteiger partial charge on any atom is 0.257 e. The van der Waals surface area contributed by atoms with Gasteiger partial charge in [-0.15, -0.1) is 11.3 Å². The number of benzene rings is 2. The molecule has 1 aromatic heterocycles. The summed E-state index contributed by atoms with van der Waals surface area (Å²) in [5.74, 6) is -0.463. The van der Waals surface area contributed by atoms with Crippen molar-refractivity contribution in [2.45, 2.75) is 28.0 Å². The molecule has 0 spiro atoms. The van der Waals surface area contributed by atoms with Gasteiger partial charge in [0.15, 0.2) is 14.2 Å². The number of carbonyl (C=O) groups is 1. The normalized spacial score (nSPS) is 11.4. The van der Waals surface area contributed by atoms with Crippen molar-refractivity contribution in [1.29, 1.82) is 0 Å². The second-order valence-electron chi connectivity index (χ2n) is 6.20. The number of thiazole rings is 1. The highest BCUT2D eigenvalue weighted by Crippen LogP contribution is 2.32. The van der Waals surface area contributed by atoms with Gasteiger partial charge in [0.1, 0.15) is 0 Å². The Kier molecular flexibility index (Phi) is 6.14. The van der Waals surface area contributed by atoms with Crippen LogP contribution in [-0.2, 0) is 9.84 Å². The number of sulfone groups is 1. The van der Waals surface area contributed by atoms with E-state index in [9.17, 15) is 13.2 Å². The Bertz CT molecular complexity index is 1160. The Labute approximate surface area is 177 Å². The summed E-state index contributed by atoms with van der Waals surface area (Å²) in [6.45, 7) is 3.84. The van der Waals surface area contributed by atoms with Crippen LogP contribution in [0.1, 0.15) is 21.6 Å². The highest BCUT2D eigenvalue weighted by Gasteiger charge is 2.16. The van der Waals surface area contributed by atoms with Crippen LogP contribution in [0, 0.1) is 13.8 Å². The van der Waals surface area contributed by atoms with Crippen molar-refractivity contribution in [3.8, 4) is 0 Å². The zero-order chi connectivity index (χ0) is 20.5. The van der Waals surface area contributed by atoms with Crippen LogP contribution in [0.3, 0.4) is 0 Å². The Morgan fingerprint density at radius 1 is 1.18 bits per heavy atom. The van der Waals surface area contributed by atoms with Gasteiger partial charge in [-0.2, -0.15) is 0 Å². The lowest BCUT2D eigenvalue weighted by Crippen LogP contribution is -2.14. The van der Waals surface area contributed by atoms with Gasteiger partial charge in [0, 0.05) is 27.9 Å². The van der Waals surface area contributed by atoms with Crippen molar-refractivity contribution in [3.05, 3.63) is 63.6 Å². The molecule has 0 fully saturated rings. The van der Waals surface area contributed by atoms with E-state index >= 15 is 0 Å². The number of anilines is 1. The van der Waals surface area contributed by atoms with Crippen LogP contribution in [-0.4, -0.2) is 25.6 Å². The maximum atomic E-state index is 12.6. The molecular weight excluding hydrogens is 436 g/mol. The molecule has 0 saturated carbocycles. The van der Waals surface area contributed by atoms with E-state index < -0.39 is 15.7 Å². The van der Waals surface area contributed by atoms with Crippen LogP contribution in [0.2, 0.25) is 5.02 Å². The van der Waals surface area contributed by atoms with E-state index in [0.29, 0.717) is 5.69 Å². The molecule has 3 rings (SSSR count). The Morgan fingerprint density at radius 2 is 1.93 bits per heavy atom. The number of rotatable bonds is 5. The van der Waals surface area contributed by atoms with Gasteiger partial charge in [0.25, 0.3) is 5.91 Å². The minimum absolute atomic E-state index is 0.0456. The van der Waals surface area contributed by atoms with Gasteiger partial charge < -0.3 is 5.32 Å². The van der Waals surface area contributed by atoms with Crippen LogP contribution in [0.5, 0.6) is 0 Å². The van der Waals surface area contributed by atoms with E-state index in [-0.39, 0.29) is 15.5 Å². The zero-order valence-corrected chi connectivity index (χ0v) is 18.5. The van der Waals surface area contributed by atoms with Crippen LogP contribution in [0.4, 0.5) is 5.69 Å². The van der Waals surface area contributed by atoms with Crippen LogP contribution < -0.4 is 5.32 Å². The van der Waals surface area contributed by atoms with Crippen LogP contribution in [0.25, 0.3) is 0 Å². The van der Waals surface area contributed by atoms with Crippen LogP contribution >= 0.6 is 34.7 Å². The molecule has 0 bridgehead atoms. The second kappa shape index (κ2) is 8.24. The van der Waals surface area contributed by atoms with E-state index in [1.54, 1.807) is 23.1 Å². The first-order chi connectivity index (χ1) is 13.1. The first-order valence-corrected chi connectivity index (χ1v) is 12.1. The number of nitrogens with one attached hydrogen (secondary N) is 1. The van der Waals surface area contributed by atoms with E-state index in [4.69, 9.17) is 11.6 Å². The molecule has 0 aliphatic carbocycles. The number of hydrogen-bond acceptors (Lipinski definition) is 6. The number of hydrogen-bond donors (Lipinski definition) is 1. The van der Waals surface area contributed by atoms with Gasteiger partial charge in [-0.1, -0.05) is 23.4 Å². The molecule has 1 heterocycles. The summed E-state index contributed by atoms with van der Waals surface area (Å²) < 4.78 is 24.4. The first-order valence-electron chi connectivity index (χ1n) is 8.15. The topological polar surface area (TPSA) is 76.1 Å². The molecule has 1 amide bonds. The molecule has 1 N–H and O–H groups in total. The summed E-state index contributed by atoms with van der Waals surface area (Å²) in [5.41, 5.74) is 2.61. The van der Waals surface area contributed by atoms with Crippen molar-refractivity contribution < 1.29 is 13.2 Å². The van der Waals surface area contributed by atoms with E-state index in [1.807, 2.05) is 37.4 Å². The summed E-state index contributed by atoms with van der Waals surface area (Å²) >= 11 is 9.25. The van der Waals surface area contributed by atoms with Crippen molar-refractivity contribution in [2.24, 2.45) is 0 Å². The Morgan fingerprint density at radius 3 is 2.54 bits per heavy atom. The van der Waals surface area contributed by atoms with E-state index in [1.165, 1.54) is 18.2 Å². The lowest BCUT2D eigenvalue weighted by Gasteiger charge is -2.11. The summed E-state index contributed by atoms with van der Waals surface area (Å²) in [6, 6.07) is 9.76. The Balaban J connectivity index is 1.81. The number of amides is 1. The SMILES string of the molecule is Cc1csc(Sc2ccc(NC(=O)c3cc(S(C)(=O)=O)ccc3Cl)c(C)c2)n1. The van der Waals surface area contributed by atoms with Gasteiger partial charge >= 0.3 is 0 Å². The molecular formula is C19H17ClN2O3S3. The number of nitrogens with zero attached hydrogens (tertiary/aromatic N) is 1. The van der Waals surface area contributed by atoms with Crippen molar-refractivity contribution in [1.82, 2.24) is 4.98 Å². The monoisotopic (exact) mass is 452 g/mol. The van der Waals surface area contributed by atoms with Crippen molar-refractivity contribution in [3.63, 3.8) is 0 Å². The second-order valence-corrected chi connectivity index (χ2v) is 10.8. The molecule has 28 heavy (non-hydrogen) atoms. The summed E-state index contributed by atoms with van der Waals surface area (Å²) in [5, 5.41) is 4.99. The predicted octanol–water partition coefficient (Wildman–Crippen LogP) is 5.22. The number of aromatic nitrogens is 1. The third kappa shape index (κ3) is 4.94. The van der Waals surface area contributed by atoms with E-state index in [2.05, 4.69) is 10.3 Å². The molecule has 0 aliphatic rings. The predicted molar refractivity (Wildman–Crippen MR) is 115 cm³/mol. The molecule has 9 heteroatoms. The van der Waals surface area contributed by atoms with Gasteiger partial charge in [-0.25, -0.2) is 13.4 Å².